The summed E-state index contributed by atoms with van der Waals surface area (Å²) in [5.41, 5.74) is -2.43. The van der Waals surface area contributed by atoms with Crippen molar-refractivity contribution < 1.29 is 31.1 Å². The number of benzene rings is 1. The maximum Gasteiger partial charge on any atom is 0.426 e. The lowest BCUT2D eigenvalue weighted by Crippen LogP contribution is -2.10. The summed E-state index contributed by atoms with van der Waals surface area (Å²) >= 11 is 0. The second-order valence-corrected chi connectivity index (χ2v) is 3.68. The van der Waals surface area contributed by atoms with E-state index in [0.717, 1.165) is 19.2 Å². The molecule has 0 spiro atoms. The van der Waals surface area contributed by atoms with Gasteiger partial charge in [0.2, 0.25) is 11.8 Å². The van der Waals surface area contributed by atoms with E-state index in [2.05, 4.69) is 9.84 Å². The van der Waals surface area contributed by atoms with Crippen molar-refractivity contribution >= 4 is 0 Å². The van der Waals surface area contributed by atoms with Crippen LogP contribution >= 0.6 is 0 Å². The Kier molecular flexibility index (Phi) is 3.36. The van der Waals surface area contributed by atoms with E-state index >= 15 is 0 Å². The van der Waals surface area contributed by atoms with E-state index in [-0.39, 0.29) is 4.68 Å². The number of rotatable bonds is 2. The van der Waals surface area contributed by atoms with Crippen LogP contribution in [0.5, 0.6) is 5.88 Å². The molecule has 2 aromatic rings. The Balaban J connectivity index is 2.67. The molecular weight excluding hydrogens is 290 g/mol. The quantitative estimate of drug-likeness (QED) is 0.795. The van der Waals surface area contributed by atoms with Crippen LogP contribution in [0.3, 0.4) is 0 Å². The third kappa shape index (κ3) is 2.30. The molecule has 0 saturated heterocycles. The first-order valence-corrected chi connectivity index (χ1v) is 5.11. The molecule has 1 heterocycles. The van der Waals surface area contributed by atoms with Crippen molar-refractivity contribution in [3.63, 3.8) is 0 Å². The van der Waals surface area contributed by atoms with Crippen molar-refractivity contribution in [2.75, 3.05) is 7.11 Å². The van der Waals surface area contributed by atoms with Gasteiger partial charge in [-0.1, -0.05) is 0 Å². The molecule has 1 aromatic heterocycles. The fourth-order valence-electron chi connectivity index (χ4n) is 1.57. The van der Waals surface area contributed by atoms with Crippen LogP contribution in [0.15, 0.2) is 18.2 Å². The summed E-state index contributed by atoms with van der Waals surface area (Å²) in [7, 11) is 0.863. The van der Waals surface area contributed by atoms with Gasteiger partial charge in [0.15, 0.2) is 11.4 Å². The Morgan fingerprint density at radius 1 is 1.15 bits per heavy atom. The van der Waals surface area contributed by atoms with Gasteiger partial charge in [0.25, 0.3) is 0 Å². The highest BCUT2D eigenvalue weighted by Crippen LogP contribution is 2.38. The van der Waals surface area contributed by atoms with Crippen LogP contribution in [0.4, 0.5) is 26.3 Å². The van der Waals surface area contributed by atoms with Gasteiger partial charge in [-0.2, -0.15) is 22.2 Å². The van der Waals surface area contributed by atoms with Crippen LogP contribution in [-0.4, -0.2) is 16.9 Å². The van der Waals surface area contributed by atoms with Gasteiger partial charge in [0.05, 0.1) is 7.11 Å². The van der Waals surface area contributed by atoms with E-state index in [4.69, 9.17) is 0 Å². The molecule has 0 atom stereocenters. The molecule has 0 radical (unpaired) electrons. The fourth-order valence-corrected chi connectivity index (χ4v) is 1.57. The minimum absolute atomic E-state index is 0.0659. The van der Waals surface area contributed by atoms with Crippen molar-refractivity contribution in [2.45, 2.75) is 6.18 Å². The number of hydrogen-bond donors (Lipinski definition) is 0. The SMILES string of the molecule is COc1nn(-c2ccc(F)cc2F)c(F)c1C(F)(F)F. The first-order valence-electron chi connectivity index (χ1n) is 5.11. The fraction of sp³-hybridized carbons (Fsp3) is 0.182. The molecule has 0 aliphatic heterocycles. The highest BCUT2D eigenvalue weighted by Gasteiger charge is 2.42. The third-order valence-corrected chi connectivity index (χ3v) is 2.41. The van der Waals surface area contributed by atoms with Gasteiger partial charge in [-0.15, -0.1) is 5.10 Å². The Morgan fingerprint density at radius 2 is 1.80 bits per heavy atom. The van der Waals surface area contributed by atoms with E-state index in [9.17, 15) is 26.3 Å². The summed E-state index contributed by atoms with van der Waals surface area (Å²) in [4.78, 5) is 0. The molecule has 2 rings (SSSR count). The van der Waals surface area contributed by atoms with E-state index < -0.39 is 40.9 Å². The predicted molar refractivity (Wildman–Crippen MR) is 55.0 cm³/mol. The number of halogens is 6. The number of methoxy groups -OCH3 is 1. The first kappa shape index (κ1) is 14.2. The summed E-state index contributed by atoms with van der Waals surface area (Å²) in [6.07, 6.45) is -5.07. The summed E-state index contributed by atoms with van der Waals surface area (Å²) in [5, 5.41) is 3.19. The Hall–Kier alpha value is -2.19. The predicted octanol–water partition coefficient (Wildman–Crippen LogP) is 3.32. The average Bonchev–Trinajstić information content (AvgIpc) is 2.66. The molecule has 108 valence electrons. The second kappa shape index (κ2) is 4.73. The molecule has 20 heavy (non-hydrogen) atoms. The third-order valence-electron chi connectivity index (χ3n) is 2.41. The molecule has 0 amide bonds. The smallest absolute Gasteiger partial charge is 0.426 e. The van der Waals surface area contributed by atoms with Crippen molar-refractivity contribution in [2.24, 2.45) is 0 Å². The summed E-state index contributed by atoms with van der Waals surface area (Å²) in [6, 6.07) is 1.93. The van der Waals surface area contributed by atoms with Gasteiger partial charge in [-0.3, -0.25) is 0 Å². The monoisotopic (exact) mass is 296 g/mol. The number of ether oxygens (including phenoxy) is 1. The summed E-state index contributed by atoms with van der Waals surface area (Å²) in [5.74, 6) is -5.11. The van der Waals surface area contributed by atoms with Crippen molar-refractivity contribution in [3.8, 4) is 11.6 Å². The summed E-state index contributed by atoms with van der Waals surface area (Å²) < 4.78 is 82.4. The van der Waals surface area contributed by atoms with Gasteiger partial charge in [0, 0.05) is 6.07 Å². The molecule has 0 bridgehead atoms. The lowest BCUT2D eigenvalue weighted by atomic mass is 10.3. The van der Waals surface area contributed by atoms with Gasteiger partial charge >= 0.3 is 6.18 Å². The number of aromatic nitrogens is 2. The second-order valence-electron chi connectivity index (χ2n) is 3.68. The average molecular weight is 296 g/mol. The van der Waals surface area contributed by atoms with Crippen LogP contribution in [0.25, 0.3) is 5.69 Å². The topological polar surface area (TPSA) is 27.1 Å². The maximum atomic E-state index is 13.8. The number of nitrogens with zero attached hydrogens (tertiary/aromatic N) is 2. The van der Waals surface area contributed by atoms with Crippen LogP contribution < -0.4 is 4.74 Å². The van der Waals surface area contributed by atoms with Crippen molar-refractivity contribution in [1.82, 2.24) is 9.78 Å². The lowest BCUT2D eigenvalue weighted by molar-refractivity contribution is -0.141. The molecule has 0 fully saturated rings. The molecule has 0 aliphatic carbocycles. The molecule has 1 aromatic carbocycles. The Morgan fingerprint density at radius 3 is 2.25 bits per heavy atom. The highest BCUT2D eigenvalue weighted by molar-refractivity contribution is 5.38. The minimum Gasteiger partial charge on any atom is -0.479 e. The summed E-state index contributed by atoms with van der Waals surface area (Å²) in [6.45, 7) is 0. The van der Waals surface area contributed by atoms with Crippen LogP contribution in [-0.2, 0) is 6.18 Å². The molecule has 0 aliphatic rings. The molecule has 0 N–H and O–H groups in total. The minimum atomic E-state index is -5.07. The number of hydrogen-bond acceptors (Lipinski definition) is 2. The van der Waals surface area contributed by atoms with Crippen molar-refractivity contribution in [1.29, 1.82) is 0 Å². The Labute approximate surface area is 108 Å². The zero-order valence-electron chi connectivity index (χ0n) is 9.80. The van der Waals surface area contributed by atoms with Gasteiger partial charge < -0.3 is 4.74 Å². The number of alkyl halides is 3. The zero-order chi connectivity index (χ0) is 15.1. The van der Waals surface area contributed by atoms with Gasteiger partial charge in [-0.25, -0.2) is 8.78 Å². The molecule has 3 nitrogen and oxygen atoms in total. The van der Waals surface area contributed by atoms with E-state index in [1.165, 1.54) is 0 Å². The van der Waals surface area contributed by atoms with Gasteiger partial charge in [-0.05, 0) is 12.1 Å². The van der Waals surface area contributed by atoms with E-state index in [0.29, 0.717) is 6.07 Å². The lowest BCUT2D eigenvalue weighted by Gasteiger charge is -2.05. The maximum absolute atomic E-state index is 13.8. The Bertz CT molecular complexity index is 649. The molecular formula is C11H6F6N2O. The molecule has 0 saturated carbocycles. The molecule has 9 heteroatoms. The highest BCUT2D eigenvalue weighted by atomic mass is 19.4. The van der Waals surface area contributed by atoms with E-state index in [1.54, 1.807) is 0 Å². The van der Waals surface area contributed by atoms with E-state index in [1.807, 2.05) is 0 Å². The van der Waals surface area contributed by atoms with Crippen LogP contribution in [0.1, 0.15) is 5.56 Å². The normalized spacial score (nSPS) is 11.8. The largest absolute Gasteiger partial charge is 0.479 e. The molecule has 0 unspecified atom stereocenters. The first-order chi connectivity index (χ1) is 9.25. The zero-order valence-corrected chi connectivity index (χ0v) is 9.80. The van der Waals surface area contributed by atoms with Crippen molar-refractivity contribution in [3.05, 3.63) is 41.3 Å². The standard InChI is InChI=1S/C11H6F6N2O/c1-20-10-8(11(15,16)17)9(14)19(18-10)7-3-2-5(12)4-6(7)13/h2-4H,1H3. The van der Waals surface area contributed by atoms with Crippen LogP contribution in [0, 0.1) is 17.6 Å². The van der Waals surface area contributed by atoms with Gasteiger partial charge in [0.1, 0.15) is 11.5 Å². The van der Waals surface area contributed by atoms with Crippen LogP contribution in [0.2, 0.25) is 0 Å².